The SMILES string of the molecule is FC1CCCN(c2cnc(Br)cn2)C1. The van der Waals surface area contributed by atoms with Crippen LogP contribution >= 0.6 is 15.9 Å². The molecular formula is C9H11BrFN3. The van der Waals surface area contributed by atoms with Gasteiger partial charge < -0.3 is 4.90 Å². The number of piperidine rings is 1. The van der Waals surface area contributed by atoms with Gasteiger partial charge >= 0.3 is 0 Å². The van der Waals surface area contributed by atoms with Crippen LogP contribution in [0.3, 0.4) is 0 Å². The largest absolute Gasteiger partial charge is 0.352 e. The van der Waals surface area contributed by atoms with Gasteiger partial charge in [-0.25, -0.2) is 14.4 Å². The van der Waals surface area contributed by atoms with Crippen molar-refractivity contribution in [1.82, 2.24) is 9.97 Å². The van der Waals surface area contributed by atoms with Crippen LogP contribution in [0.5, 0.6) is 0 Å². The van der Waals surface area contributed by atoms with Gasteiger partial charge in [-0.05, 0) is 28.8 Å². The Morgan fingerprint density at radius 2 is 2.29 bits per heavy atom. The van der Waals surface area contributed by atoms with Gasteiger partial charge in [0.2, 0.25) is 0 Å². The monoisotopic (exact) mass is 259 g/mol. The molecule has 1 fully saturated rings. The van der Waals surface area contributed by atoms with Crippen molar-refractivity contribution in [3.05, 3.63) is 17.0 Å². The first kappa shape index (κ1) is 9.83. The summed E-state index contributed by atoms with van der Waals surface area (Å²) in [5.41, 5.74) is 0. The minimum Gasteiger partial charge on any atom is -0.352 e. The fourth-order valence-corrected chi connectivity index (χ4v) is 1.81. The van der Waals surface area contributed by atoms with Crippen molar-refractivity contribution in [3.63, 3.8) is 0 Å². The normalized spacial score (nSPS) is 22.4. The third kappa shape index (κ3) is 2.20. The minimum absolute atomic E-state index is 0.441. The molecule has 2 heterocycles. The molecule has 0 aromatic carbocycles. The lowest BCUT2D eigenvalue weighted by Gasteiger charge is -2.29. The van der Waals surface area contributed by atoms with Crippen molar-refractivity contribution in [3.8, 4) is 0 Å². The van der Waals surface area contributed by atoms with Gasteiger partial charge in [0, 0.05) is 6.54 Å². The van der Waals surface area contributed by atoms with Crippen molar-refractivity contribution < 1.29 is 4.39 Å². The van der Waals surface area contributed by atoms with Gasteiger partial charge in [0.25, 0.3) is 0 Å². The van der Waals surface area contributed by atoms with Crippen molar-refractivity contribution in [2.24, 2.45) is 0 Å². The average Bonchev–Trinajstić information content (AvgIpc) is 2.19. The van der Waals surface area contributed by atoms with Crippen LogP contribution in [0, 0.1) is 0 Å². The van der Waals surface area contributed by atoms with Crippen LogP contribution in [-0.4, -0.2) is 29.2 Å². The molecule has 1 aromatic rings. The topological polar surface area (TPSA) is 29.0 Å². The fourth-order valence-electron chi connectivity index (χ4n) is 1.60. The molecule has 1 aliphatic rings. The number of halogens is 2. The smallest absolute Gasteiger partial charge is 0.147 e. The molecule has 1 aliphatic heterocycles. The maximum absolute atomic E-state index is 13.1. The second-order valence-electron chi connectivity index (χ2n) is 3.38. The maximum Gasteiger partial charge on any atom is 0.147 e. The zero-order valence-corrected chi connectivity index (χ0v) is 9.24. The first-order valence-corrected chi connectivity index (χ1v) is 5.41. The highest BCUT2D eigenvalue weighted by atomic mass is 79.9. The standard InChI is InChI=1S/C9H11BrFN3/c10-8-4-13-9(5-12-8)14-3-1-2-7(11)6-14/h4-5,7H,1-3,6H2. The van der Waals surface area contributed by atoms with E-state index in [1.807, 2.05) is 4.90 Å². The van der Waals surface area contributed by atoms with E-state index in [-0.39, 0.29) is 0 Å². The van der Waals surface area contributed by atoms with E-state index in [2.05, 4.69) is 25.9 Å². The highest BCUT2D eigenvalue weighted by molar-refractivity contribution is 9.10. The Morgan fingerprint density at radius 3 is 2.93 bits per heavy atom. The summed E-state index contributed by atoms with van der Waals surface area (Å²) in [6, 6.07) is 0. The highest BCUT2D eigenvalue weighted by Gasteiger charge is 2.20. The van der Waals surface area contributed by atoms with Gasteiger partial charge in [-0.2, -0.15) is 0 Å². The third-order valence-corrected chi connectivity index (χ3v) is 2.70. The molecule has 0 radical (unpaired) electrons. The van der Waals surface area contributed by atoms with Crippen molar-refractivity contribution >= 4 is 21.7 Å². The van der Waals surface area contributed by atoms with Crippen LogP contribution in [0.2, 0.25) is 0 Å². The summed E-state index contributed by atoms with van der Waals surface area (Å²) >= 11 is 3.22. The number of hydrogen-bond acceptors (Lipinski definition) is 3. The summed E-state index contributed by atoms with van der Waals surface area (Å²) in [5, 5.41) is 0. The number of hydrogen-bond donors (Lipinski definition) is 0. The van der Waals surface area contributed by atoms with Gasteiger partial charge in [0.05, 0.1) is 18.9 Å². The number of aromatic nitrogens is 2. The van der Waals surface area contributed by atoms with E-state index < -0.39 is 6.17 Å². The predicted octanol–water partition coefficient (Wildman–Crippen LogP) is 2.18. The summed E-state index contributed by atoms with van der Waals surface area (Å²) in [6.07, 6.45) is 4.13. The molecule has 0 aliphatic carbocycles. The third-order valence-electron chi connectivity index (χ3n) is 2.29. The molecule has 1 unspecified atom stereocenters. The van der Waals surface area contributed by atoms with E-state index in [0.717, 1.165) is 18.8 Å². The Kier molecular flexibility index (Phi) is 2.96. The summed E-state index contributed by atoms with van der Waals surface area (Å²) < 4.78 is 13.8. The number of nitrogens with zero attached hydrogens (tertiary/aromatic N) is 3. The molecule has 76 valence electrons. The second-order valence-corrected chi connectivity index (χ2v) is 4.20. The lowest BCUT2D eigenvalue weighted by molar-refractivity contribution is 0.286. The Bertz CT molecular complexity index is 303. The van der Waals surface area contributed by atoms with Crippen molar-refractivity contribution in [2.45, 2.75) is 19.0 Å². The first-order valence-electron chi connectivity index (χ1n) is 4.62. The fraction of sp³-hybridized carbons (Fsp3) is 0.556. The van der Waals surface area contributed by atoms with Crippen molar-refractivity contribution in [1.29, 1.82) is 0 Å². The first-order chi connectivity index (χ1) is 6.75. The lowest BCUT2D eigenvalue weighted by atomic mass is 10.1. The number of alkyl halides is 1. The van der Waals surface area contributed by atoms with Gasteiger partial charge in [0.15, 0.2) is 0 Å². The van der Waals surface area contributed by atoms with E-state index in [4.69, 9.17) is 0 Å². The van der Waals surface area contributed by atoms with Crippen LogP contribution < -0.4 is 4.90 Å². The molecule has 14 heavy (non-hydrogen) atoms. The predicted molar refractivity (Wildman–Crippen MR) is 56.1 cm³/mol. The lowest BCUT2D eigenvalue weighted by Crippen LogP contribution is -2.36. The van der Waals surface area contributed by atoms with Gasteiger partial charge in [0.1, 0.15) is 16.6 Å². The van der Waals surface area contributed by atoms with Gasteiger partial charge in [-0.1, -0.05) is 0 Å². The molecule has 1 aromatic heterocycles. The number of anilines is 1. The zero-order valence-electron chi connectivity index (χ0n) is 7.66. The van der Waals surface area contributed by atoms with Gasteiger partial charge in [-0.15, -0.1) is 0 Å². The van der Waals surface area contributed by atoms with Crippen LogP contribution in [0.4, 0.5) is 10.2 Å². The van der Waals surface area contributed by atoms with Gasteiger partial charge in [-0.3, -0.25) is 0 Å². The van der Waals surface area contributed by atoms with E-state index in [1.165, 1.54) is 0 Å². The van der Waals surface area contributed by atoms with Crippen molar-refractivity contribution in [2.75, 3.05) is 18.0 Å². The Balaban J connectivity index is 2.10. The summed E-state index contributed by atoms with van der Waals surface area (Å²) in [6.45, 7) is 1.31. The Morgan fingerprint density at radius 1 is 1.43 bits per heavy atom. The van der Waals surface area contributed by atoms with Crippen LogP contribution in [0.15, 0.2) is 17.0 Å². The molecule has 0 N–H and O–H groups in total. The molecule has 1 atom stereocenters. The number of rotatable bonds is 1. The summed E-state index contributed by atoms with van der Waals surface area (Å²) in [4.78, 5) is 10.2. The van der Waals surface area contributed by atoms with E-state index >= 15 is 0 Å². The average molecular weight is 260 g/mol. The highest BCUT2D eigenvalue weighted by Crippen LogP contribution is 2.19. The quantitative estimate of drug-likeness (QED) is 0.774. The minimum atomic E-state index is -0.728. The van der Waals surface area contributed by atoms with Crippen LogP contribution in [-0.2, 0) is 0 Å². The van der Waals surface area contributed by atoms with E-state index in [9.17, 15) is 4.39 Å². The molecule has 0 bridgehead atoms. The van der Waals surface area contributed by atoms with E-state index in [0.29, 0.717) is 17.6 Å². The Hall–Kier alpha value is -0.710. The molecule has 1 saturated heterocycles. The molecule has 3 nitrogen and oxygen atoms in total. The maximum atomic E-state index is 13.1. The summed E-state index contributed by atoms with van der Waals surface area (Å²) in [7, 11) is 0. The molecular weight excluding hydrogens is 249 g/mol. The Labute approximate surface area is 90.5 Å². The second kappa shape index (κ2) is 4.21. The van der Waals surface area contributed by atoms with E-state index in [1.54, 1.807) is 12.4 Å². The summed E-state index contributed by atoms with van der Waals surface area (Å²) in [5.74, 6) is 0.760. The molecule has 5 heteroatoms. The molecule has 2 rings (SSSR count). The van der Waals surface area contributed by atoms with Crippen LogP contribution in [0.1, 0.15) is 12.8 Å². The molecule has 0 saturated carbocycles. The zero-order chi connectivity index (χ0) is 9.97. The molecule has 0 amide bonds. The molecule has 0 spiro atoms. The van der Waals surface area contributed by atoms with Crippen LogP contribution in [0.25, 0.3) is 0 Å².